The fraction of sp³-hybridized carbons (Fsp3) is 0.667. The zero-order valence-corrected chi connectivity index (χ0v) is 8.30. The molecule has 0 bridgehead atoms. The topological polar surface area (TPSA) is 48.1 Å². The minimum atomic E-state index is 0.107. The van der Waals surface area contributed by atoms with E-state index < -0.39 is 0 Å². The lowest BCUT2D eigenvalue weighted by Gasteiger charge is -2.13. The molecule has 2 rings (SSSR count). The van der Waals surface area contributed by atoms with Gasteiger partial charge in [0, 0.05) is 23.7 Å². The van der Waals surface area contributed by atoms with Crippen LogP contribution in [0, 0.1) is 0 Å². The van der Waals surface area contributed by atoms with Crippen LogP contribution in [0.3, 0.4) is 0 Å². The molecule has 0 radical (unpaired) electrons. The molecule has 3 nitrogen and oxygen atoms in total. The Bertz CT molecular complexity index is 244. The Morgan fingerprint density at radius 1 is 1.77 bits per heavy atom. The number of hydrogen-bond acceptors (Lipinski definition) is 4. The molecule has 1 fully saturated rings. The minimum Gasteiger partial charge on any atom is -0.378 e. The van der Waals surface area contributed by atoms with Crippen molar-refractivity contribution in [3.05, 3.63) is 17.1 Å². The van der Waals surface area contributed by atoms with Gasteiger partial charge in [-0.25, -0.2) is 4.37 Å². The summed E-state index contributed by atoms with van der Waals surface area (Å²) in [6, 6.07) is 2.10. The normalized spacial score (nSPS) is 24.8. The maximum atomic E-state index is 6.01. The van der Waals surface area contributed by atoms with Gasteiger partial charge >= 0.3 is 0 Å². The monoisotopic (exact) mass is 198 g/mol. The van der Waals surface area contributed by atoms with Crippen LogP contribution < -0.4 is 5.73 Å². The standard InChI is InChI=1S/C9H14N2OS/c10-8(9-3-4-11-13-9)6-7-2-1-5-12-7/h3-4,7-8H,1-2,5-6,10H2. The largest absolute Gasteiger partial charge is 0.378 e. The van der Waals surface area contributed by atoms with E-state index in [0.717, 1.165) is 24.3 Å². The van der Waals surface area contributed by atoms with Gasteiger partial charge in [-0.2, -0.15) is 0 Å². The predicted octanol–water partition coefficient (Wildman–Crippen LogP) is 1.71. The van der Waals surface area contributed by atoms with E-state index >= 15 is 0 Å². The van der Waals surface area contributed by atoms with E-state index in [0.29, 0.717) is 6.10 Å². The Labute approximate surface area is 82.1 Å². The van der Waals surface area contributed by atoms with Gasteiger partial charge in [0.1, 0.15) is 0 Å². The second kappa shape index (κ2) is 4.17. The summed E-state index contributed by atoms with van der Waals surface area (Å²) in [7, 11) is 0. The molecule has 0 aromatic carbocycles. The van der Waals surface area contributed by atoms with Crippen molar-refractivity contribution in [1.29, 1.82) is 0 Å². The van der Waals surface area contributed by atoms with Crippen molar-refractivity contribution in [1.82, 2.24) is 4.37 Å². The summed E-state index contributed by atoms with van der Waals surface area (Å²) in [5.74, 6) is 0. The molecule has 13 heavy (non-hydrogen) atoms. The first-order valence-corrected chi connectivity index (χ1v) is 5.41. The van der Waals surface area contributed by atoms with Gasteiger partial charge in [0.25, 0.3) is 0 Å². The second-order valence-corrected chi connectivity index (χ2v) is 4.26. The zero-order valence-electron chi connectivity index (χ0n) is 7.48. The summed E-state index contributed by atoms with van der Waals surface area (Å²) in [4.78, 5) is 1.16. The van der Waals surface area contributed by atoms with Crippen LogP contribution in [0.15, 0.2) is 12.3 Å². The first-order chi connectivity index (χ1) is 6.36. The third kappa shape index (κ3) is 2.27. The highest BCUT2D eigenvalue weighted by Crippen LogP contribution is 2.24. The highest BCUT2D eigenvalue weighted by atomic mass is 32.1. The van der Waals surface area contributed by atoms with E-state index in [1.165, 1.54) is 18.0 Å². The zero-order chi connectivity index (χ0) is 9.10. The summed E-state index contributed by atoms with van der Waals surface area (Å²) < 4.78 is 9.56. The Kier molecular flexibility index (Phi) is 2.93. The molecule has 0 saturated carbocycles. The molecule has 2 N–H and O–H groups in total. The van der Waals surface area contributed by atoms with Crippen molar-refractivity contribution >= 4 is 11.5 Å². The summed E-state index contributed by atoms with van der Waals surface area (Å²) in [5, 5.41) is 0. The number of nitrogens with two attached hydrogens (primary N) is 1. The molecule has 2 heterocycles. The Hall–Kier alpha value is -0.450. The van der Waals surface area contributed by atoms with Crippen LogP contribution in [-0.2, 0) is 4.74 Å². The molecule has 1 aromatic heterocycles. The van der Waals surface area contributed by atoms with Crippen LogP contribution in [0.1, 0.15) is 30.2 Å². The smallest absolute Gasteiger partial charge is 0.0594 e. The van der Waals surface area contributed by atoms with Crippen LogP contribution in [-0.4, -0.2) is 17.1 Å². The van der Waals surface area contributed by atoms with Crippen molar-refractivity contribution in [3.63, 3.8) is 0 Å². The van der Waals surface area contributed by atoms with Crippen LogP contribution in [0.25, 0.3) is 0 Å². The highest BCUT2D eigenvalue weighted by Gasteiger charge is 2.20. The molecule has 1 saturated heterocycles. The van der Waals surface area contributed by atoms with E-state index in [2.05, 4.69) is 4.37 Å². The Morgan fingerprint density at radius 2 is 2.69 bits per heavy atom. The molecule has 0 amide bonds. The number of aromatic nitrogens is 1. The van der Waals surface area contributed by atoms with E-state index in [4.69, 9.17) is 10.5 Å². The maximum Gasteiger partial charge on any atom is 0.0594 e. The minimum absolute atomic E-state index is 0.107. The second-order valence-electron chi connectivity index (χ2n) is 3.39. The molecule has 1 aromatic rings. The van der Waals surface area contributed by atoms with Gasteiger partial charge in [-0.3, -0.25) is 0 Å². The average molecular weight is 198 g/mol. The quantitative estimate of drug-likeness (QED) is 0.804. The van der Waals surface area contributed by atoms with Crippen molar-refractivity contribution in [2.75, 3.05) is 6.61 Å². The van der Waals surface area contributed by atoms with Gasteiger partial charge < -0.3 is 10.5 Å². The molecule has 4 heteroatoms. The summed E-state index contributed by atoms with van der Waals surface area (Å²) in [6.45, 7) is 0.903. The maximum absolute atomic E-state index is 6.01. The van der Waals surface area contributed by atoms with E-state index in [1.807, 2.05) is 6.07 Å². The Morgan fingerprint density at radius 3 is 3.31 bits per heavy atom. The van der Waals surface area contributed by atoms with E-state index in [9.17, 15) is 0 Å². The van der Waals surface area contributed by atoms with Crippen LogP contribution in [0.2, 0.25) is 0 Å². The lowest BCUT2D eigenvalue weighted by molar-refractivity contribution is 0.0986. The van der Waals surface area contributed by atoms with Crippen molar-refractivity contribution in [3.8, 4) is 0 Å². The fourth-order valence-corrected chi connectivity index (χ4v) is 2.24. The van der Waals surface area contributed by atoms with Gasteiger partial charge in [-0.05, 0) is 36.9 Å². The van der Waals surface area contributed by atoms with Gasteiger partial charge in [0.15, 0.2) is 0 Å². The van der Waals surface area contributed by atoms with Gasteiger partial charge in [0.2, 0.25) is 0 Å². The number of ether oxygens (including phenoxy) is 1. The molecule has 0 aliphatic carbocycles. The molecule has 1 aliphatic rings. The van der Waals surface area contributed by atoms with E-state index in [-0.39, 0.29) is 6.04 Å². The molecule has 2 unspecified atom stereocenters. The molecular weight excluding hydrogens is 184 g/mol. The molecule has 2 atom stereocenters. The fourth-order valence-electron chi connectivity index (χ4n) is 1.65. The molecular formula is C9H14N2OS. The third-order valence-electron chi connectivity index (χ3n) is 2.36. The predicted molar refractivity (Wildman–Crippen MR) is 52.6 cm³/mol. The summed E-state index contributed by atoms with van der Waals surface area (Å²) in [6.07, 6.45) is 5.45. The first kappa shape index (κ1) is 9.12. The lowest BCUT2D eigenvalue weighted by atomic mass is 10.1. The van der Waals surface area contributed by atoms with Crippen LogP contribution >= 0.6 is 11.5 Å². The van der Waals surface area contributed by atoms with Crippen molar-refractivity contribution in [2.45, 2.75) is 31.4 Å². The SMILES string of the molecule is NC(CC1CCCO1)c1ccns1. The summed E-state index contributed by atoms with van der Waals surface area (Å²) >= 11 is 1.48. The molecule has 1 aliphatic heterocycles. The van der Waals surface area contributed by atoms with Crippen molar-refractivity contribution < 1.29 is 4.74 Å². The first-order valence-electron chi connectivity index (χ1n) is 4.64. The van der Waals surface area contributed by atoms with Crippen LogP contribution in [0.5, 0.6) is 0 Å². The van der Waals surface area contributed by atoms with Gasteiger partial charge in [-0.1, -0.05) is 0 Å². The molecule has 0 spiro atoms. The number of rotatable bonds is 3. The lowest BCUT2D eigenvalue weighted by Crippen LogP contribution is -2.17. The van der Waals surface area contributed by atoms with Gasteiger partial charge in [0.05, 0.1) is 6.10 Å². The number of hydrogen-bond donors (Lipinski definition) is 1. The molecule has 72 valence electrons. The highest BCUT2D eigenvalue weighted by molar-refractivity contribution is 7.05. The Balaban J connectivity index is 1.87. The number of nitrogens with zero attached hydrogens (tertiary/aromatic N) is 1. The van der Waals surface area contributed by atoms with Gasteiger partial charge in [-0.15, -0.1) is 0 Å². The third-order valence-corrected chi connectivity index (χ3v) is 3.24. The van der Waals surface area contributed by atoms with E-state index in [1.54, 1.807) is 6.20 Å². The van der Waals surface area contributed by atoms with Crippen LogP contribution in [0.4, 0.5) is 0 Å². The summed E-state index contributed by atoms with van der Waals surface area (Å²) in [5.41, 5.74) is 6.01. The average Bonchev–Trinajstić information content (AvgIpc) is 2.74. The van der Waals surface area contributed by atoms with Crippen molar-refractivity contribution in [2.24, 2.45) is 5.73 Å².